The Morgan fingerprint density at radius 2 is 2.19 bits per heavy atom. The number of imidazole rings is 1. The highest BCUT2D eigenvalue weighted by molar-refractivity contribution is 5.81. The van der Waals surface area contributed by atoms with Crippen LogP contribution in [-0.2, 0) is 16.1 Å². The number of carbonyl (C=O) groups excluding carboxylic acids is 1. The van der Waals surface area contributed by atoms with E-state index in [1.54, 1.807) is 0 Å². The number of nitrogens with zero attached hydrogens (tertiary/aromatic N) is 2. The largest absolute Gasteiger partial charge is 0.368 e. The number of fused-ring (bicyclic) bond motifs is 1. The highest BCUT2D eigenvalue weighted by atomic mass is 16.5. The van der Waals surface area contributed by atoms with E-state index >= 15 is 0 Å². The number of rotatable bonds is 4. The number of aromatic nitrogens is 2. The number of hydrogen-bond donors (Lipinski definition) is 1. The van der Waals surface area contributed by atoms with Crippen LogP contribution < -0.4 is 5.32 Å². The zero-order chi connectivity index (χ0) is 14.2. The predicted octanol–water partition coefficient (Wildman–Crippen LogP) is 2.17. The number of nitrogens with one attached hydrogen (secondary N) is 1. The summed E-state index contributed by atoms with van der Waals surface area (Å²) in [5.74, 6) is 0.937. The molecule has 1 N–H and O–H groups in total. The van der Waals surface area contributed by atoms with Crippen LogP contribution in [0.15, 0.2) is 24.3 Å². The summed E-state index contributed by atoms with van der Waals surface area (Å²) < 4.78 is 7.70. The number of amides is 1. The first-order chi connectivity index (χ1) is 10.3. The van der Waals surface area contributed by atoms with Crippen LogP contribution in [0.25, 0.3) is 11.0 Å². The molecule has 2 aliphatic rings. The molecule has 0 radical (unpaired) electrons. The molecule has 1 aromatic carbocycles. The average Bonchev–Trinajstić information content (AvgIpc) is 3.05. The van der Waals surface area contributed by atoms with E-state index in [1.807, 2.05) is 18.2 Å². The Labute approximate surface area is 123 Å². The quantitative estimate of drug-likeness (QED) is 0.936. The van der Waals surface area contributed by atoms with Crippen molar-refractivity contribution in [3.63, 3.8) is 0 Å². The molecule has 2 aromatic rings. The van der Waals surface area contributed by atoms with E-state index in [4.69, 9.17) is 4.74 Å². The molecule has 1 saturated heterocycles. The molecule has 1 unspecified atom stereocenters. The fourth-order valence-electron chi connectivity index (χ4n) is 3.02. The first-order valence-electron chi connectivity index (χ1n) is 7.68. The highest BCUT2D eigenvalue weighted by Gasteiger charge is 2.29. The van der Waals surface area contributed by atoms with E-state index in [0.717, 1.165) is 24.2 Å². The Balaban J connectivity index is 1.55. The Bertz CT molecular complexity index is 669. The molecular formula is C16H19N3O2. The van der Waals surface area contributed by atoms with E-state index in [9.17, 15) is 4.79 Å². The highest BCUT2D eigenvalue weighted by Crippen LogP contribution is 2.38. The number of ether oxygens (including phenoxy) is 1. The lowest BCUT2D eigenvalue weighted by Crippen LogP contribution is -2.34. The van der Waals surface area contributed by atoms with Crippen molar-refractivity contribution in [1.29, 1.82) is 0 Å². The monoisotopic (exact) mass is 285 g/mol. The number of carbonyl (C=O) groups is 1. The molecular weight excluding hydrogens is 266 g/mol. The van der Waals surface area contributed by atoms with E-state index in [1.165, 1.54) is 18.4 Å². The fourth-order valence-corrected chi connectivity index (χ4v) is 3.02. The minimum absolute atomic E-state index is 0.0121. The number of para-hydroxylation sites is 2. The smallest absolute Gasteiger partial charge is 0.249 e. The maximum absolute atomic E-state index is 12.1. The summed E-state index contributed by atoms with van der Waals surface area (Å²) in [5, 5.41) is 2.98. The maximum Gasteiger partial charge on any atom is 0.249 e. The summed E-state index contributed by atoms with van der Waals surface area (Å²) >= 11 is 0. The van der Waals surface area contributed by atoms with Gasteiger partial charge < -0.3 is 14.6 Å². The zero-order valence-corrected chi connectivity index (χ0v) is 11.9. The molecule has 0 bridgehead atoms. The predicted molar refractivity (Wildman–Crippen MR) is 78.8 cm³/mol. The number of hydrogen-bond acceptors (Lipinski definition) is 3. The van der Waals surface area contributed by atoms with Gasteiger partial charge >= 0.3 is 0 Å². The van der Waals surface area contributed by atoms with Crippen molar-refractivity contribution in [1.82, 2.24) is 14.9 Å². The van der Waals surface area contributed by atoms with Crippen LogP contribution in [0.3, 0.4) is 0 Å². The SMILES string of the molecule is O=C(NCc1nc2ccccc2n1C1CC1)C1CCCO1. The summed E-state index contributed by atoms with van der Waals surface area (Å²) in [5.41, 5.74) is 2.17. The Hall–Kier alpha value is -1.88. The lowest BCUT2D eigenvalue weighted by molar-refractivity contribution is -0.130. The van der Waals surface area contributed by atoms with Crippen molar-refractivity contribution in [2.45, 2.75) is 44.4 Å². The van der Waals surface area contributed by atoms with Gasteiger partial charge in [0.25, 0.3) is 0 Å². The van der Waals surface area contributed by atoms with Crippen molar-refractivity contribution in [2.24, 2.45) is 0 Å². The minimum atomic E-state index is -0.274. The molecule has 1 amide bonds. The molecule has 1 aromatic heterocycles. The van der Waals surface area contributed by atoms with Crippen LogP contribution in [-0.4, -0.2) is 28.2 Å². The van der Waals surface area contributed by atoms with Gasteiger partial charge in [0.15, 0.2) is 0 Å². The summed E-state index contributed by atoms with van der Waals surface area (Å²) in [7, 11) is 0. The van der Waals surface area contributed by atoms with Crippen molar-refractivity contribution in [3.05, 3.63) is 30.1 Å². The third kappa shape index (κ3) is 2.42. The summed E-state index contributed by atoms with van der Waals surface area (Å²) in [6, 6.07) is 8.72. The Kier molecular flexibility index (Phi) is 3.15. The first-order valence-corrected chi connectivity index (χ1v) is 7.68. The summed E-state index contributed by atoms with van der Waals surface area (Å²) in [6.45, 7) is 1.17. The van der Waals surface area contributed by atoms with E-state index in [0.29, 0.717) is 19.2 Å². The molecule has 1 atom stereocenters. The average molecular weight is 285 g/mol. The molecule has 2 fully saturated rings. The standard InChI is InChI=1S/C16H19N3O2/c20-16(14-6-3-9-21-14)17-10-15-18-12-4-1-2-5-13(12)19(15)11-7-8-11/h1-2,4-5,11,14H,3,6-10H2,(H,17,20). The van der Waals surface area contributed by atoms with Gasteiger partial charge in [-0.3, -0.25) is 4.79 Å². The lowest BCUT2D eigenvalue weighted by atomic mass is 10.2. The fraction of sp³-hybridized carbons (Fsp3) is 0.500. The zero-order valence-electron chi connectivity index (χ0n) is 11.9. The van der Waals surface area contributed by atoms with Crippen molar-refractivity contribution < 1.29 is 9.53 Å². The lowest BCUT2D eigenvalue weighted by Gasteiger charge is -2.11. The molecule has 1 aliphatic carbocycles. The van der Waals surface area contributed by atoms with Crippen molar-refractivity contribution >= 4 is 16.9 Å². The van der Waals surface area contributed by atoms with Gasteiger partial charge in [0.1, 0.15) is 11.9 Å². The van der Waals surface area contributed by atoms with Crippen LogP contribution in [0.4, 0.5) is 0 Å². The maximum atomic E-state index is 12.1. The second-order valence-corrected chi connectivity index (χ2v) is 5.84. The van der Waals surface area contributed by atoms with E-state index < -0.39 is 0 Å². The van der Waals surface area contributed by atoms with E-state index in [2.05, 4.69) is 20.9 Å². The van der Waals surface area contributed by atoms with Crippen molar-refractivity contribution in [2.75, 3.05) is 6.61 Å². The Morgan fingerprint density at radius 1 is 1.33 bits per heavy atom. The molecule has 4 rings (SSSR count). The molecule has 5 nitrogen and oxygen atoms in total. The molecule has 1 saturated carbocycles. The topological polar surface area (TPSA) is 56.2 Å². The summed E-state index contributed by atoms with van der Waals surface area (Å²) in [6.07, 6.45) is 3.92. The normalized spacial score (nSPS) is 21.8. The molecule has 110 valence electrons. The van der Waals surface area contributed by atoms with Gasteiger partial charge in [-0.15, -0.1) is 0 Å². The van der Waals surface area contributed by atoms with Gasteiger partial charge in [0.2, 0.25) is 5.91 Å². The van der Waals surface area contributed by atoms with E-state index in [-0.39, 0.29) is 12.0 Å². The van der Waals surface area contributed by atoms with Gasteiger partial charge in [-0.1, -0.05) is 12.1 Å². The first kappa shape index (κ1) is 12.8. The number of benzene rings is 1. The van der Waals surface area contributed by atoms with Crippen LogP contribution in [0.5, 0.6) is 0 Å². The molecule has 5 heteroatoms. The van der Waals surface area contributed by atoms with Gasteiger partial charge in [-0.2, -0.15) is 0 Å². The third-order valence-electron chi connectivity index (χ3n) is 4.22. The molecule has 0 spiro atoms. The second-order valence-electron chi connectivity index (χ2n) is 5.84. The van der Waals surface area contributed by atoms with Gasteiger partial charge in [-0.05, 0) is 37.8 Å². The molecule has 2 heterocycles. The van der Waals surface area contributed by atoms with Gasteiger partial charge in [-0.25, -0.2) is 4.98 Å². The van der Waals surface area contributed by atoms with Gasteiger partial charge in [0, 0.05) is 12.6 Å². The van der Waals surface area contributed by atoms with Gasteiger partial charge in [0.05, 0.1) is 17.6 Å². The molecule has 1 aliphatic heterocycles. The molecule has 21 heavy (non-hydrogen) atoms. The van der Waals surface area contributed by atoms with Crippen LogP contribution in [0.1, 0.15) is 37.5 Å². The summed E-state index contributed by atoms with van der Waals surface area (Å²) in [4.78, 5) is 16.7. The Morgan fingerprint density at radius 3 is 2.95 bits per heavy atom. The van der Waals surface area contributed by atoms with Crippen LogP contribution in [0.2, 0.25) is 0 Å². The van der Waals surface area contributed by atoms with Crippen molar-refractivity contribution in [3.8, 4) is 0 Å². The van der Waals surface area contributed by atoms with Crippen LogP contribution >= 0.6 is 0 Å². The second kappa shape index (κ2) is 5.15. The minimum Gasteiger partial charge on any atom is -0.368 e. The third-order valence-corrected chi connectivity index (χ3v) is 4.22. The van der Waals surface area contributed by atoms with Crippen LogP contribution in [0, 0.1) is 0 Å².